The lowest BCUT2D eigenvalue weighted by Crippen LogP contribution is -2.39. The number of nitrogens with one attached hydrogen (secondary N) is 2. The van der Waals surface area contributed by atoms with Crippen LogP contribution >= 0.6 is 11.3 Å². The van der Waals surface area contributed by atoms with Gasteiger partial charge in [-0.25, -0.2) is 9.78 Å². The summed E-state index contributed by atoms with van der Waals surface area (Å²) >= 11 is 1.23. The van der Waals surface area contributed by atoms with E-state index >= 15 is 0 Å². The SMILES string of the molecule is Cc1cc(Oc2ccccc2)ccc1N1C(=O)Nc2c(C(=O)N[C@@H]3CCN(C(=O)CC(C)CO)C3)sc3nccc1c23. The van der Waals surface area contributed by atoms with Crippen molar-refractivity contribution in [2.24, 2.45) is 5.92 Å². The minimum atomic E-state index is -0.377. The van der Waals surface area contributed by atoms with Gasteiger partial charge in [-0.1, -0.05) is 25.1 Å². The number of thiophene rings is 1. The molecule has 4 amide bonds. The Hall–Kier alpha value is -4.48. The predicted molar refractivity (Wildman–Crippen MR) is 162 cm³/mol. The van der Waals surface area contributed by atoms with Gasteiger partial charge in [0.2, 0.25) is 5.91 Å². The van der Waals surface area contributed by atoms with Gasteiger partial charge < -0.3 is 25.4 Å². The number of aromatic nitrogens is 1. The van der Waals surface area contributed by atoms with Crippen LogP contribution in [0, 0.1) is 12.8 Å². The highest BCUT2D eigenvalue weighted by Crippen LogP contribution is 2.46. The van der Waals surface area contributed by atoms with E-state index < -0.39 is 0 Å². The van der Waals surface area contributed by atoms with E-state index in [1.165, 1.54) is 11.3 Å². The number of carbonyl (C=O) groups is 3. The van der Waals surface area contributed by atoms with Gasteiger partial charge in [-0.15, -0.1) is 11.3 Å². The number of anilines is 3. The number of hydrogen-bond donors (Lipinski definition) is 3. The zero-order valence-corrected chi connectivity index (χ0v) is 24.1. The summed E-state index contributed by atoms with van der Waals surface area (Å²) in [5.74, 6) is 0.936. The molecule has 6 rings (SSSR count). The number of aryl methyl sites for hydroxylation is 1. The number of rotatable bonds is 8. The van der Waals surface area contributed by atoms with Crippen molar-refractivity contribution in [3.05, 3.63) is 71.2 Å². The van der Waals surface area contributed by atoms with Crippen LogP contribution in [0.15, 0.2) is 60.8 Å². The summed E-state index contributed by atoms with van der Waals surface area (Å²) in [5, 5.41) is 15.9. The second kappa shape index (κ2) is 11.4. The van der Waals surface area contributed by atoms with Crippen LogP contribution in [0.2, 0.25) is 0 Å². The molecule has 42 heavy (non-hydrogen) atoms. The molecule has 4 aromatic rings. The molecule has 4 heterocycles. The van der Waals surface area contributed by atoms with Crippen molar-refractivity contribution in [3.63, 3.8) is 0 Å². The van der Waals surface area contributed by atoms with Crippen LogP contribution in [-0.4, -0.2) is 58.6 Å². The highest BCUT2D eigenvalue weighted by Gasteiger charge is 2.35. The molecule has 0 radical (unpaired) electrons. The lowest BCUT2D eigenvalue weighted by molar-refractivity contribution is -0.131. The molecule has 2 aliphatic heterocycles. The summed E-state index contributed by atoms with van der Waals surface area (Å²) in [6.45, 7) is 4.67. The first-order chi connectivity index (χ1) is 20.3. The van der Waals surface area contributed by atoms with Gasteiger partial charge in [-0.3, -0.25) is 14.5 Å². The molecule has 1 fully saturated rings. The lowest BCUT2D eigenvalue weighted by atomic mass is 10.1. The summed E-state index contributed by atoms with van der Waals surface area (Å²) in [6, 6.07) is 16.2. The van der Waals surface area contributed by atoms with Crippen LogP contribution in [0.3, 0.4) is 0 Å². The van der Waals surface area contributed by atoms with Crippen LogP contribution < -0.4 is 20.3 Å². The maximum absolute atomic E-state index is 13.5. The number of pyridine rings is 1. The summed E-state index contributed by atoms with van der Waals surface area (Å²) in [5.41, 5.74) is 2.62. The molecule has 0 aliphatic carbocycles. The number of amides is 4. The van der Waals surface area contributed by atoms with E-state index in [-0.39, 0.29) is 42.8 Å². The highest BCUT2D eigenvalue weighted by molar-refractivity contribution is 7.21. The molecule has 216 valence electrons. The third-order valence-corrected chi connectivity index (χ3v) is 8.65. The molecule has 2 atom stereocenters. The molecule has 1 saturated heterocycles. The Bertz CT molecular complexity index is 1670. The Morgan fingerprint density at radius 3 is 2.74 bits per heavy atom. The molecular weight excluding hydrogens is 554 g/mol. The van der Waals surface area contributed by atoms with Crippen LogP contribution in [-0.2, 0) is 4.79 Å². The molecule has 0 saturated carbocycles. The maximum Gasteiger partial charge on any atom is 0.331 e. The van der Waals surface area contributed by atoms with Crippen molar-refractivity contribution in [2.75, 3.05) is 29.9 Å². The summed E-state index contributed by atoms with van der Waals surface area (Å²) in [6.07, 6.45) is 2.55. The maximum atomic E-state index is 13.5. The van der Waals surface area contributed by atoms with Crippen LogP contribution in [0.25, 0.3) is 10.2 Å². The fraction of sp³-hybridized carbons (Fsp3) is 0.290. The van der Waals surface area contributed by atoms with Crippen molar-refractivity contribution in [1.82, 2.24) is 15.2 Å². The summed E-state index contributed by atoms with van der Waals surface area (Å²) in [4.78, 5) is 48.3. The fourth-order valence-corrected chi connectivity index (χ4v) is 6.42. The number of ether oxygens (including phenoxy) is 1. The van der Waals surface area contributed by atoms with Gasteiger partial charge in [0.05, 0.1) is 22.4 Å². The van der Waals surface area contributed by atoms with Crippen LogP contribution in [0.4, 0.5) is 21.9 Å². The van der Waals surface area contributed by atoms with Crippen molar-refractivity contribution < 1.29 is 24.2 Å². The number of para-hydroxylation sites is 1. The Balaban J connectivity index is 1.23. The standard InChI is InChI=1S/C31H31N5O5S/c1-18(17-37)14-25(38)35-13-11-20(16-35)33-29(39)28-27-26-24(10-12-32-30(26)42-28)36(31(40)34-27)23-9-8-22(15-19(23)2)41-21-6-4-3-5-7-21/h3-10,12,15,18,20,37H,11,13-14,16-17H2,1-2H3,(H,33,39)(H,34,40)/t18?,20-/m1/s1. The number of hydrogen-bond acceptors (Lipinski definition) is 7. The normalized spacial score (nSPS) is 16.8. The van der Waals surface area contributed by atoms with Gasteiger partial charge in [0.15, 0.2) is 0 Å². The predicted octanol–water partition coefficient (Wildman–Crippen LogP) is 5.43. The molecule has 0 bridgehead atoms. The number of urea groups is 1. The fourth-order valence-electron chi connectivity index (χ4n) is 5.40. The first-order valence-corrected chi connectivity index (χ1v) is 14.7. The molecule has 3 N–H and O–H groups in total. The average molecular weight is 586 g/mol. The second-order valence-corrected chi connectivity index (χ2v) is 11.7. The largest absolute Gasteiger partial charge is 0.457 e. The van der Waals surface area contributed by atoms with Gasteiger partial charge in [0.25, 0.3) is 5.91 Å². The number of aliphatic hydroxyl groups excluding tert-OH is 1. The molecule has 11 heteroatoms. The molecule has 2 aliphatic rings. The smallest absolute Gasteiger partial charge is 0.331 e. The highest BCUT2D eigenvalue weighted by atomic mass is 32.1. The van der Waals surface area contributed by atoms with E-state index in [0.717, 1.165) is 11.3 Å². The van der Waals surface area contributed by atoms with Gasteiger partial charge in [-0.2, -0.15) is 0 Å². The number of nitrogens with zero attached hydrogens (tertiary/aromatic N) is 3. The van der Waals surface area contributed by atoms with E-state index in [1.807, 2.05) is 62.4 Å². The molecule has 2 aromatic heterocycles. The minimum Gasteiger partial charge on any atom is -0.457 e. The summed E-state index contributed by atoms with van der Waals surface area (Å²) < 4.78 is 5.96. The zero-order valence-electron chi connectivity index (χ0n) is 23.3. The van der Waals surface area contributed by atoms with Crippen molar-refractivity contribution in [3.8, 4) is 11.5 Å². The van der Waals surface area contributed by atoms with Gasteiger partial charge >= 0.3 is 6.03 Å². The van der Waals surface area contributed by atoms with E-state index in [0.29, 0.717) is 57.4 Å². The number of aliphatic hydroxyl groups is 1. The first-order valence-electron chi connectivity index (χ1n) is 13.9. The third-order valence-electron chi connectivity index (χ3n) is 7.55. The van der Waals surface area contributed by atoms with E-state index in [1.54, 1.807) is 22.1 Å². The minimum absolute atomic E-state index is 0.0265. The monoisotopic (exact) mass is 585 g/mol. The molecule has 0 spiro atoms. The molecule has 1 unspecified atom stereocenters. The Morgan fingerprint density at radius 2 is 1.98 bits per heavy atom. The first kappa shape index (κ1) is 27.7. The number of benzene rings is 2. The van der Waals surface area contributed by atoms with E-state index in [4.69, 9.17) is 4.74 Å². The Labute approximate surface area is 246 Å². The third kappa shape index (κ3) is 5.28. The Morgan fingerprint density at radius 1 is 1.17 bits per heavy atom. The number of carbonyl (C=O) groups excluding carboxylic acids is 3. The van der Waals surface area contributed by atoms with Crippen LogP contribution in [0.1, 0.15) is 35.0 Å². The molecule has 2 aromatic carbocycles. The second-order valence-electron chi connectivity index (χ2n) is 10.7. The van der Waals surface area contributed by atoms with Crippen molar-refractivity contribution in [2.45, 2.75) is 32.7 Å². The van der Waals surface area contributed by atoms with Crippen molar-refractivity contribution in [1.29, 1.82) is 0 Å². The van der Waals surface area contributed by atoms with E-state index in [9.17, 15) is 19.5 Å². The zero-order chi connectivity index (χ0) is 29.4. The molecule has 10 nitrogen and oxygen atoms in total. The van der Waals surface area contributed by atoms with Gasteiger partial charge in [-0.05, 0) is 61.2 Å². The summed E-state index contributed by atoms with van der Waals surface area (Å²) in [7, 11) is 0. The lowest BCUT2D eigenvalue weighted by Gasteiger charge is -2.29. The van der Waals surface area contributed by atoms with Gasteiger partial charge in [0, 0.05) is 38.4 Å². The topological polar surface area (TPSA) is 124 Å². The van der Waals surface area contributed by atoms with E-state index in [2.05, 4.69) is 15.6 Å². The number of likely N-dealkylation sites (tertiary alicyclic amines) is 1. The van der Waals surface area contributed by atoms with Crippen LogP contribution in [0.5, 0.6) is 11.5 Å². The van der Waals surface area contributed by atoms with Gasteiger partial charge in [0.1, 0.15) is 21.2 Å². The molecular formula is C31H31N5O5S. The quantitative estimate of drug-likeness (QED) is 0.253. The average Bonchev–Trinajstić information content (AvgIpc) is 3.60. The Kier molecular flexibility index (Phi) is 7.53. The van der Waals surface area contributed by atoms with Crippen molar-refractivity contribution >= 4 is 56.5 Å².